The number of carbonyl (C=O) groups is 1. The van der Waals surface area contributed by atoms with Crippen molar-refractivity contribution in [2.24, 2.45) is 0 Å². The summed E-state index contributed by atoms with van der Waals surface area (Å²) in [6, 6.07) is 10.6. The predicted molar refractivity (Wildman–Crippen MR) is 102 cm³/mol. The number of nitrogens with zero attached hydrogens (tertiary/aromatic N) is 1. The van der Waals surface area contributed by atoms with Gasteiger partial charge >= 0.3 is 0 Å². The molecule has 0 bridgehead atoms. The summed E-state index contributed by atoms with van der Waals surface area (Å²) in [4.78, 5) is 13.9. The van der Waals surface area contributed by atoms with Crippen molar-refractivity contribution in [1.82, 2.24) is 5.32 Å². The number of rotatable bonds is 6. The van der Waals surface area contributed by atoms with Crippen LogP contribution < -0.4 is 15.0 Å². The predicted octanol–water partition coefficient (Wildman–Crippen LogP) is 4.05. The van der Waals surface area contributed by atoms with Gasteiger partial charge < -0.3 is 15.0 Å². The number of aryl methyl sites for hydroxylation is 1. The maximum atomic E-state index is 14.0. The van der Waals surface area contributed by atoms with E-state index in [2.05, 4.69) is 21.2 Å². The van der Waals surface area contributed by atoms with Gasteiger partial charge in [0.1, 0.15) is 11.6 Å². The van der Waals surface area contributed by atoms with Crippen molar-refractivity contribution in [3.8, 4) is 5.75 Å². The molecule has 1 N–H and O–H groups in total. The van der Waals surface area contributed by atoms with Crippen LogP contribution in [0, 0.1) is 12.7 Å². The van der Waals surface area contributed by atoms with Gasteiger partial charge in [-0.1, -0.05) is 12.1 Å². The van der Waals surface area contributed by atoms with Crippen LogP contribution in [-0.2, 0) is 11.3 Å². The van der Waals surface area contributed by atoms with E-state index >= 15 is 0 Å². The third kappa shape index (κ3) is 5.19. The zero-order valence-corrected chi connectivity index (χ0v) is 16.4. The van der Waals surface area contributed by atoms with Crippen molar-refractivity contribution in [3.63, 3.8) is 0 Å². The molecule has 0 aliphatic carbocycles. The minimum atomic E-state index is -0.662. The van der Waals surface area contributed by atoms with Gasteiger partial charge in [-0.15, -0.1) is 0 Å². The Hall–Kier alpha value is -2.08. The van der Waals surface area contributed by atoms with Crippen LogP contribution in [0.15, 0.2) is 40.9 Å². The fourth-order valence-electron chi connectivity index (χ4n) is 2.30. The molecule has 0 spiro atoms. The van der Waals surface area contributed by atoms with Crippen LogP contribution in [0.5, 0.6) is 5.75 Å². The number of anilines is 1. The van der Waals surface area contributed by atoms with Crippen LogP contribution in [0.2, 0.25) is 0 Å². The minimum Gasteiger partial charge on any atom is -0.480 e. The second-order valence-corrected chi connectivity index (χ2v) is 6.95. The van der Waals surface area contributed by atoms with Gasteiger partial charge in [0.05, 0.1) is 10.2 Å². The normalized spacial score (nSPS) is 11.8. The van der Waals surface area contributed by atoms with Crippen molar-refractivity contribution in [3.05, 3.63) is 57.8 Å². The molecule has 2 aromatic carbocycles. The average molecular weight is 409 g/mol. The Labute approximate surface area is 156 Å². The van der Waals surface area contributed by atoms with Gasteiger partial charge in [0.15, 0.2) is 6.10 Å². The number of ether oxygens (including phenoxy) is 1. The lowest BCUT2D eigenvalue weighted by molar-refractivity contribution is -0.127. The SMILES string of the molecule is Cc1ccc(O[C@H](C)C(=O)NCc2ccc(N(C)C)c(F)c2)c(Br)c1. The largest absolute Gasteiger partial charge is 0.480 e. The van der Waals surface area contributed by atoms with Gasteiger partial charge in [-0.05, 0) is 65.2 Å². The van der Waals surface area contributed by atoms with Crippen molar-refractivity contribution in [1.29, 1.82) is 0 Å². The van der Waals surface area contributed by atoms with Crippen LogP contribution in [0.1, 0.15) is 18.1 Å². The Morgan fingerprint density at radius 2 is 2.00 bits per heavy atom. The molecule has 0 aliphatic rings. The minimum absolute atomic E-state index is 0.242. The van der Waals surface area contributed by atoms with Crippen LogP contribution in [0.25, 0.3) is 0 Å². The molecular formula is C19H22BrFN2O2. The lowest BCUT2D eigenvalue weighted by Crippen LogP contribution is -2.36. The fourth-order valence-corrected chi connectivity index (χ4v) is 2.89. The summed E-state index contributed by atoms with van der Waals surface area (Å²) in [5.74, 6) is 0.0313. The Bertz CT molecular complexity index is 765. The molecule has 25 heavy (non-hydrogen) atoms. The van der Waals surface area contributed by atoms with Crippen molar-refractivity contribution < 1.29 is 13.9 Å². The Morgan fingerprint density at radius 3 is 2.60 bits per heavy atom. The summed E-state index contributed by atoms with van der Waals surface area (Å²) in [5.41, 5.74) is 2.30. The molecule has 0 saturated heterocycles. The molecule has 0 aromatic heterocycles. The Morgan fingerprint density at radius 1 is 1.28 bits per heavy atom. The number of amides is 1. The molecule has 1 atom stereocenters. The highest BCUT2D eigenvalue weighted by atomic mass is 79.9. The molecule has 0 fully saturated rings. The number of carbonyl (C=O) groups excluding carboxylic acids is 1. The van der Waals surface area contributed by atoms with E-state index in [4.69, 9.17) is 4.74 Å². The van der Waals surface area contributed by atoms with Crippen molar-refractivity contribution in [2.45, 2.75) is 26.5 Å². The molecule has 6 heteroatoms. The highest BCUT2D eigenvalue weighted by Crippen LogP contribution is 2.26. The van der Waals surface area contributed by atoms with Crippen LogP contribution in [0.4, 0.5) is 10.1 Å². The third-order valence-corrected chi connectivity index (χ3v) is 4.34. The van der Waals surface area contributed by atoms with Gasteiger partial charge in [-0.2, -0.15) is 0 Å². The first-order valence-electron chi connectivity index (χ1n) is 7.94. The molecule has 0 unspecified atom stereocenters. The van der Waals surface area contributed by atoms with E-state index in [0.717, 1.165) is 10.0 Å². The van der Waals surface area contributed by atoms with E-state index in [9.17, 15) is 9.18 Å². The molecule has 0 saturated carbocycles. The topological polar surface area (TPSA) is 41.6 Å². The van der Waals surface area contributed by atoms with Crippen molar-refractivity contribution in [2.75, 3.05) is 19.0 Å². The zero-order chi connectivity index (χ0) is 18.6. The monoisotopic (exact) mass is 408 g/mol. The molecule has 2 rings (SSSR count). The van der Waals surface area contributed by atoms with E-state index < -0.39 is 6.10 Å². The molecule has 0 heterocycles. The smallest absolute Gasteiger partial charge is 0.261 e. The summed E-state index contributed by atoms with van der Waals surface area (Å²) in [7, 11) is 3.56. The maximum Gasteiger partial charge on any atom is 0.261 e. The summed E-state index contributed by atoms with van der Waals surface area (Å²) in [5, 5.41) is 2.77. The number of hydrogen-bond donors (Lipinski definition) is 1. The number of halogens is 2. The number of benzene rings is 2. The molecule has 0 radical (unpaired) electrons. The van der Waals surface area contributed by atoms with Crippen LogP contribution in [0.3, 0.4) is 0 Å². The van der Waals surface area contributed by atoms with E-state index in [1.807, 2.05) is 25.1 Å². The Balaban J connectivity index is 1.94. The van der Waals surface area contributed by atoms with E-state index in [1.165, 1.54) is 6.07 Å². The lowest BCUT2D eigenvalue weighted by Gasteiger charge is -2.17. The van der Waals surface area contributed by atoms with Gasteiger partial charge in [-0.25, -0.2) is 4.39 Å². The zero-order valence-electron chi connectivity index (χ0n) is 14.8. The van der Waals surface area contributed by atoms with Gasteiger partial charge in [0.2, 0.25) is 0 Å². The Kier molecular flexibility index (Phi) is 6.42. The number of nitrogens with one attached hydrogen (secondary N) is 1. The summed E-state index contributed by atoms with van der Waals surface area (Å²) < 4.78 is 20.4. The van der Waals surface area contributed by atoms with Gasteiger partial charge in [0.25, 0.3) is 5.91 Å². The highest BCUT2D eigenvalue weighted by molar-refractivity contribution is 9.10. The standard InChI is InChI=1S/C19H22BrFN2O2/c1-12-5-8-18(15(20)9-12)25-13(2)19(24)22-11-14-6-7-17(23(3)4)16(21)10-14/h5-10,13H,11H2,1-4H3,(H,22,24)/t13-/m1/s1. The van der Waals surface area contributed by atoms with Crippen LogP contribution in [-0.4, -0.2) is 26.1 Å². The van der Waals surface area contributed by atoms with E-state index in [-0.39, 0.29) is 18.3 Å². The molecule has 2 aromatic rings. The first-order chi connectivity index (χ1) is 11.8. The third-order valence-electron chi connectivity index (χ3n) is 3.72. The summed E-state index contributed by atoms with van der Waals surface area (Å²) in [6.07, 6.45) is -0.662. The average Bonchev–Trinajstić information content (AvgIpc) is 2.54. The molecular weight excluding hydrogens is 387 g/mol. The first-order valence-corrected chi connectivity index (χ1v) is 8.73. The second-order valence-electron chi connectivity index (χ2n) is 6.09. The second kappa shape index (κ2) is 8.34. The van der Waals surface area contributed by atoms with E-state index in [1.54, 1.807) is 38.1 Å². The molecule has 4 nitrogen and oxygen atoms in total. The number of hydrogen-bond acceptors (Lipinski definition) is 3. The maximum absolute atomic E-state index is 14.0. The quantitative estimate of drug-likeness (QED) is 0.783. The molecule has 134 valence electrons. The molecule has 1 amide bonds. The van der Waals surface area contributed by atoms with Gasteiger partial charge in [0, 0.05) is 20.6 Å². The van der Waals surface area contributed by atoms with Crippen LogP contribution >= 0.6 is 15.9 Å². The first kappa shape index (κ1) is 19.2. The van der Waals surface area contributed by atoms with Gasteiger partial charge in [-0.3, -0.25) is 4.79 Å². The molecule has 0 aliphatic heterocycles. The fraction of sp³-hybridized carbons (Fsp3) is 0.316. The summed E-state index contributed by atoms with van der Waals surface area (Å²) >= 11 is 3.42. The van der Waals surface area contributed by atoms with E-state index in [0.29, 0.717) is 17.0 Å². The highest BCUT2D eigenvalue weighted by Gasteiger charge is 2.16. The van der Waals surface area contributed by atoms with Crippen molar-refractivity contribution >= 4 is 27.5 Å². The lowest BCUT2D eigenvalue weighted by atomic mass is 10.2. The summed E-state index contributed by atoms with van der Waals surface area (Å²) in [6.45, 7) is 3.90.